The number of benzene rings is 1. The van der Waals surface area contributed by atoms with Crippen molar-refractivity contribution in [1.82, 2.24) is 24.8 Å². The van der Waals surface area contributed by atoms with Gasteiger partial charge in [-0.3, -0.25) is 9.58 Å². The van der Waals surface area contributed by atoms with E-state index in [-0.39, 0.29) is 25.6 Å². The molecule has 1 aliphatic heterocycles. The van der Waals surface area contributed by atoms with Crippen molar-refractivity contribution in [2.45, 2.75) is 12.2 Å². The number of morpholine rings is 1. The lowest BCUT2D eigenvalue weighted by Crippen LogP contribution is -2.44. The second-order valence-corrected chi connectivity index (χ2v) is 6.17. The van der Waals surface area contributed by atoms with Gasteiger partial charge in [0.15, 0.2) is 0 Å². The summed E-state index contributed by atoms with van der Waals surface area (Å²) < 4.78 is 50.7. The first-order valence-corrected chi connectivity index (χ1v) is 8.05. The van der Waals surface area contributed by atoms with Gasteiger partial charge in [-0.1, -0.05) is 17.3 Å². The molecule has 2 aromatic heterocycles. The maximum Gasteiger partial charge on any atom is 0.401 e. The Hall–Kier alpha value is -2.46. The van der Waals surface area contributed by atoms with Crippen molar-refractivity contribution in [3.8, 4) is 11.4 Å². The number of aromatic nitrogens is 4. The Balaban J connectivity index is 1.62. The number of rotatable bonds is 3. The first kappa shape index (κ1) is 17.0. The molecule has 1 saturated heterocycles. The third-order valence-corrected chi connectivity index (χ3v) is 4.36. The Morgan fingerprint density at radius 3 is 2.96 bits per heavy atom. The molecule has 26 heavy (non-hydrogen) atoms. The normalized spacial score (nSPS) is 19.3. The molecule has 1 fully saturated rings. The SMILES string of the molecule is Cn1ncc2ccc(-c3noc(C4COCCN4CC(F)(F)F)n3)cc21. The van der Waals surface area contributed by atoms with E-state index in [1.54, 1.807) is 10.9 Å². The Bertz CT molecular complexity index is 920. The van der Waals surface area contributed by atoms with Crippen molar-refractivity contribution in [1.29, 1.82) is 0 Å². The molecule has 0 spiro atoms. The van der Waals surface area contributed by atoms with Crippen LogP contribution in [0, 0.1) is 0 Å². The van der Waals surface area contributed by atoms with E-state index >= 15 is 0 Å². The number of aryl methyl sites for hydroxylation is 1. The lowest BCUT2D eigenvalue weighted by molar-refractivity contribution is -0.164. The molecule has 3 heterocycles. The Kier molecular flexibility index (Phi) is 4.16. The lowest BCUT2D eigenvalue weighted by atomic mass is 10.1. The number of alkyl halides is 3. The smallest absolute Gasteiger partial charge is 0.378 e. The van der Waals surface area contributed by atoms with E-state index in [1.807, 2.05) is 25.2 Å². The molecule has 0 bridgehead atoms. The van der Waals surface area contributed by atoms with E-state index in [4.69, 9.17) is 9.26 Å². The average molecular weight is 367 g/mol. The zero-order valence-corrected chi connectivity index (χ0v) is 13.9. The number of hydrogen-bond acceptors (Lipinski definition) is 6. The van der Waals surface area contributed by atoms with Gasteiger partial charge in [-0.25, -0.2) is 0 Å². The summed E-state index contributed by atoms with van der Waals surface area (Å²) in [6.45, 7) is -0.564. The van der Waals surface area contributed by atoms with Crippen molar-refractivity contribution in [2.24, 2.45) is 7.05 Å². The molecule has 1 atom stereocenters. The molecular formula is C16H16F3N5O2. The largest absolute Gasteiger partial charge is 0.401 e. The summed E-state index contributed by atoms with van der Waals surface area (Å²) >= 11 is 0. The maximum absolute atomic E-state index is 12.8. The minimum atomic E-state index is -4.30. The van der Waals surface area contributed by atoms with E-state index < -0.39 is 18.8 Å². The molecule has 0 saturated carbocycles. The highest BCUT2D eigenvalue weighted by Crippen LogP contribution is 2.29. The average Bonchev–Trinajstić information content (AvgIpc) is 3.21. The molecule has 0 amide bonds. The first-order chi connectivity index (χ1) is 12.4. The zero-order valence-electron chi connectivity index (χ0n) is 13.9. The van der Waals surface area contributed by atoms with Crippen LogP contribution in [0.15, 0.2) is 28.9 Å². The van der Waals surface area contributed by atoms with Crippen LogP contribution in [0.1, 0.15) is 11.9 Å². The summed E-state index contributed by atoms with van der Waals surface area (Å²) in [5, 5.41) is 9.08. The van der Waals surface area contributed by atoms with Gasteiger partial charge in [-0.15, -0.1) is 0 Å². The van der Waals surface area contributed by atoms with E-state index in [0.717, 1.165) is 10.9 Å². The zero-order chi connectivity index (χ0) is 18.3. The maximum atomic E-state index is 12.8. The highest BCUT2D eigenvalue weighted by Gasteiger charge is 2.38. The van der Waals surface area contributed by atoms with Crippen LogP contribution in [-0.2, 0) is 11.8 Å². The molecular weight excluding hydrogens is 351 g/mol. The van der Waals surface area contributed by atoms with Crippen LogP contribution in [0.4, 0.5) is 13.2 Å². The van der Waals surface area contributed by atoms with Crippen molar-refractivity contribution in [3.63, 3.8) is 0 Å². The number of fused-ring (bicyclic) bond motifs is 1. The quantitative estimate of drug-likeness (QED) is 0.709. The summed E-state index contributed by atoms with van der Waals surface area (Å²) in [7, 11) is 1.82. The topological polar surface area (TPSA) is 69.2 Å². The molecule has 1 aliphatic rings. The molecule has 0 radical (unpaired) electrons. The van der Waals surface area contributed by atoms with Crippen molar-refractivity contribution >= 4 is 10.9 Å². The molecule has 1 unspecified atom stereocenters. The van der Waals surface area contributed by atoms with Crippen molar-refractivity contribution in [3.05, 3.63) is 30.3 Å². The van der Waals surface area contributed by atoms with Crippen LogP contribution < -0.4 is 0 Å². The van der Waals surface area contributed by atoms with Crippen LogP contribution >= 0.6 is 0 Å². The van der Waals surface area contributed by atoms with Crippen LogP contribution in [0.5, 0.6) is 0 Å². The van der Waals surface area contributed by atoms with Crippen molar-refractivity contribution in [2.75, 3.05) is 26.3 Å². The molecule has 10 heteroatoms. The van der Waals surface area contributed by atoms with Crippen molar-refractivity contribution < 1.29 is 22.4 Å². The Morgan fingerprint density at radius 1 is 1.31 bits per heavy atom. The summed E-state index contributed by atoms with van der Waals surface area (Å²) in [5.41, 5.74) is 1.60. The fourth-order valence-corrected chi connectivity index (χ4v) is 3.06. The number of ether oxygens (including phenoxy) is 1. The summed E-state index contributed by atoms with van der Waals surface area (Å²) in [4.78, 5) is 5.56. The van der Waals surface area contributed by atoms with Crippen LogP contribution in [-0.4, -0.2) is 57.3 Å². The molecule has 3 aromatic rings. The molecule has 1 aromatic carbocycles. The van der Waals surface area contributed by atoms with E-state index in [1.165, 1.54) is 4.90 Å². The van der Waals surface area contributed by atoms with Gasteiger partial charge in [-0.05, 0) is 6.07 Å². The molecule has 0 N–H and O–H groups in total. The molecule has 138 valence electrons. The highest BCUT2D eigenvalue weighted by molar-refractivity contribution is 5.83. The lowest BCUT2D eigenvalue weighted by Gasteiger charge is -2.33. The minimum Gasteiger partial charge on any atom is -0.378 e. The predicted molar refractivity (Wildman–Crippen MR) is 85.2 cm³/mol. The third-order valence-electron chi connectivity index (χ3n) is 4.36. The number of nitrogens with zero attached hydrogens (tertiary/aromatic N) is 5. The van der Waals surface area contributed by atoms with Crippen LogP contribution in [0.25, 0.3) is 22.3 Å². The summed E-state index contributed by atoms with van der Waals surface area (Å²) in [5.74, 6) is 0.440. The van der Waals surface area contributed by atoms with Gasteiger partial charge in [0.25, 0.3) is 0 Å². The van der Waals surface area contributed by atoms with Crippen LogP contribution in [0.2, 0.25) is 0 Å². The second-order valence-electron chi connectivity index (χ2n) is 6.17. The summed E-state index contributed by atoms with van der Waals surface area (Å²) in [6.07, 6.45) is -2.56. The van der Waals surface area contributed by atoms with Gasteiger partial charge < -0.3 is 9.26 Å². The Labute approximate surface area is 146 Å². The molecule has 4 rings (SSSR count). The van der Waals surface area contributed by atoms with E-state index in [9.17, 15) is 13.2 Å². The fraction of sp³-hybridized carbons (Fsp3) is 0.438. The van der Waals surface area contributed by atoms with Gasteiger partial charge >= 0.3 is 6.18 Å². The van der Waals surface area contributed by atoms with Gasteiger partial charge in [-0.2, -0.15) is 23.3 Å². The predicted octanol–water partition coefficient (Wildman–Crippen LogP) is 2.56. The van der Waals surface area contributed by atoms with Gasteiger partial charge in [0.2, 0.25) is 11.7 Å². The van der Waals surface area contributed by atoms with E-state index in [2.05, 4.69) is 15.2 Å². The van der Waals surface area contributed by atoms with Crippen LogP contribution in [0.3, 0.4) is 0 Å². The monoisotopic (exact) mass is 367 g/mol. The Morgan fingerprint density at radius 2 is 2.15 bits per heavy atom. The molecule has 7 nitrogen and oxygen atoms in total. The minimum absolute atomic E-state index is 0.0818. The highest BCUT2D eigenvalue weighted by atomic mass is 19.4. The van der Waals surface area contributed by atoms with Gasteiger partial charge in [0.1, 0.15) is 6.04 Å². The van der Waals surface area contributed by atoms with Gasteiger partial charge in [0, 0.05) is 24.5 Å². The number of hydrogen-bond donors (Lipinski definition) is 0. The number of halogens is 3. The second kappa shape index (κ2) is 6.36. The standard InChI is InChI=1S/C16H16F3N5O2/c1-23-12-6-10(2-3-11(12)7-20-23)14-21-15(26-22-14)13-8-25-5-4-24(13)9-16(17,18)19/h2-3,6-7,13H,4-5,8-9H2,1H3. The first-order valence-electron chi connectivity index (χ1n) is 8.05. The van der Waals surface area contributed by atoms with Gasteiger partial charge in [0.05, 0.1) is 31.5 Å². The molecule has 0 aliphatic carbocycles. The third kappa shape index (κ3) is 3.29. The van der Waals surface area contributed by atoms with E-state index in [0.29, 0.717) is 11.4 Å². The fourth-order valence-electron chi connectivity index (χ4n) is 3.06. The summed E-state index contributed by atoms with van der Waals surface area (Å²) in [6, 6.07) is 4.85.